The fraction of sp³-hybridized carbons (Fsp3) is 0.600. The molecule has 1 atom stereocenters. The normalized spacial score (nSPS) is 17.7. The van der Waals surface area contributed by atoms with Crippen molar-refractivity contribution in [2.75, 3.05) is 17.7 Å². The molecule has 2 aromatic heterocycles. The van der Waals surface area contributed by atoms with Crippen LogP contribution >= 0.6 is 0 Å². The highest BCUT2D eigenvalue weighted by Crippen LogP contribution is 2.34. The fourth-order valence-corrected chi connectivity index (χ4v) is 3.08. The lowest BCUT2D eigenvalue weighted by atomic mass is 9.76. The minimum atomic E-state index is -0.716. The summed E-state index contributed by atoms with van der Waals surface area (Å²) in [4.78, 5) is 16.9. The van der Waals surface area contributed by atoms with Crippen LogP contribution in [0.5, 0.6) is 0 Å². The Hall–Kier alpha value is -2.76. The molecular weight excluding hydrogens is 306 g/mol. The summed E-state index contributed by atoms with van der Waals surface area (Å²) in [6.45, 7) is 1.92. The van der Waals surface area contributed by atoms with E-state index in [2.05, 4.69) is 41.7 Å². The van der Waals surface area contributed by atoms with Gasteiger partial charge in [0, 0.05) is 7.05 Å². The molecule has 9 nitrogen and oxygen atoms in total. The van der Waals surface area contributed by atoms with Crippen molar-refractivity contribution in [3.8, 4) is 12.0 Å². The highest BCUT2D eigenvalue weighted by Gasteiger charge is 2.36. The molecule has 24 heavy (non-hydrogen) atoms. The Labute approximate surface area is 140 Å². The van der Waals surface area contributed by atoms with E-state index in [0.717, 1.165) is 25.7 Å². The van der Waals surface area contributed by atoms with Crippen molar-refractivity contribution in [3.05, 3.63) is 12.7 Å². The van der Waals surface area contributed by atoms with Gasteiger partial charge in [-0.3, -0.25) is 0 Å². The van der Waals surface area contributed by atoms with Crippen molar-refractivity contribution < 1.29 is 0 Å². The number of nitrogens with one attached hydrogen (secondary N) is 2. The van der Waals surface area contributed by atoms with Crippen molar-refractivity contribution >= 4 is 11.9 Å². The topological polar surface area (TPSA) is 117 Å². The zero-order chi connectivity index (χ0) is 17.0. The summed E-state index contributed by atoms with van der Waals surface area (Å²) in [5.74, 6) is 1.38. The summed E-state index contributed by atoms with van der Waals surface area (Å²) in [5.41, 5.74) is -0.716. The molecule has 0 saturated heterocycles. The highest BCUT2D eigenvalue weighted by molar-refractivity contribution is 5.41. The first-order valence-corrected chi connectivity index (χ1v) is 8.13. The second kappa shape index (κ2) is 6.78. The SMILES string of the molecule is CNc1nc(NC(C)(C#N)C2CCCCC2)nc(-n2cncn2)n1. The molecule has 3 rings (SSSR count). The van der Waals surface area contributed by atoms with Crippen LogP contribution in [0, 0.1) is 17.2 Å². The molecule has 126 valence electrons. The summed E-state index contributed by atoms with van der Waals surface area (Å²) in [6, 6.07) is 2.42. The van der Waals surface area contributed by atoms with E-state index in [1.54, 1.807) is 7.05 Å². The first kappa shape index (κ1) is 16.1. The maximum atomic E-state index is 9.75. The summed E-state index contributed by atoms with van der Waals surface area (Å²) >= 11 is 0. The van der Waals surface area contributed by atoms with Gasteiger partial charge in [-0.05, 0) is 25.7 Å². The van der Waals surface area contributed by atoms with Gasteiger partial charge in [0.05, 0.1) is 6.07 Å². The number of nitrogens with zero attached hydrogens (tertiary/aromatic N) is 7. The molecule has 0 spiro atoms. The van der Waals surface area contributed by atoms with E-state index in [-0.39, 0.29) is 5.92 Å². The van der Waals surface area contributed by atoms with Crippen molar-refractivity contribution in [3.63, 3.8) is 0 Å². The third-order valence-corrected chi connectivity index (χ3v) is 4.50. The van der Waals surface area contributed by atoms with Crippen molar-refractivity contribution in [1.82, 2.24) is 29.7 Å². The van der Waals surface area contributed by atoms with Gasteiger partial charge in [0.1, 0.15) is 18.2 Å². The van der Waals surface area contributed by atoms with Crippen LogP contribution in [0.4, 0.5) is 11.9 Å². The van der Waals surface area contributed by atoms with Crippen LogP contribution in [0.3, 0.4) is 0 Å². The van der Waals surface area contributed by atoms with E-state index in [9.17, 15) is 5.26 Å². The Kier molecular flexibility index (Phi) is 4.55. The van der Waals surface area contributed by atoms with Gasteiger partial charge in [-0.2, -0.15) is 30.0 Å². The average molecular weight is 327 g/mol. The highest BCUT2D eigenvalue weighted by atomic mass is 15.4. The van der Waals surface area contributed by atoms with Gasteiger partial charge < -0.3 is 10.6 Å². The van der Waals surface area contributed by atoms with Crippen molar-refractivity contribution in [1.29, 1.82) is 5.26 Å². The molecule has 1 unspecified atom stereocenters. The first-order chi connectivity index (χ1) is 11.6. The van der Waals surface area contributed by atoms with E-state index < -0.39 is 5.54 Å². The van der Waals surface area contributed by atoms with Crippen LogP contribution < -0.4 is 10.6 Å². The molecule has 9 heteroatoms. The molecule has 0 amide bonds. The van der Waals surface area contributed by atoms with Crippen LogP contribution in [-0.2, 0) is 0 Å². The second-order valence-electron chi connectivity index (χ2n) is 6.15. The summed E-state index contributed by atoms with van der Waals surface area (Å²) in [5, 5.41) is 19.9. The molecule has 0 aliphatic heterocycles. The predicted octanol–water partition coefficient (Wildman–Crippen LogP) is 1.77. The number of nitriles is 1. The average Bonchev–Trinajstić information content (AvgIpc) is 3.17. The third kappa shape index (κ3) is 3.27. The second-order valence-corrected chi connectivity index (χ2v) is 6.15. The quantitative estimate of drug-likeness (QED) is 0.853. The van der Waals surface area contributed by atoms with Gasteiger partial charge in [-0.1, -0.05) is 19.3 Å². The van der Waals surface area contributed by atoms with Crippen molar-refractivity contribution in [2.24, 2.45) is 5.92 Å². The van der Waals surface area contributed by atoms with Crippen molar-refractivity contribution in [2.45, 2.75) is 44.6 Å². The zero-order valence-corrected chi connectivity index (χ0v) is 13.9. The van der Waals surface area contributed by atoms with Crippen LogP contribution in [0.1, 0.15) is 39.0 Å². The lowest BCUT2D eigenvalue weighted by Gasteiger charge is -2.35. The molecule has 1 saturated carbocycles. The molecule has 2 heterocycles. The molecule has 2 N–H and O–H groups in total. The van der Waals surface area contributed by atoms with Gasteiger partial charge in [0.15, 0.2) is 0 Å². The predicted molar refractivity (Wildman–Crippen MR) is 88.5 cm³/mol. The van der Waals surface area contributed by atoms with Gasteiger partial charge in [-0.15, -0.1) is 0 Å². The van der Waals surface area contributed by atoms with E-state index in [4.69, 9.17) is 0 Å². The number of hydrogen-bond donors (Lipinski definition) is 2. The van der Waals surface area contributed by atoms with E-state index in [1.165, 1.54) is 23.8 Å². The first-order valence-electron chi connectivity index (χ1n) is 8.13. The Balaban J connectivity index is 1.90. The minimum Gasteiger partial charge on any atom is -0.357 e. The molecule has 0 bridgehead atoms. The molecule has 0 radical (unpaired) electrons. The number of aromatic nitrogens is 6. The molecule has 0 aromatic carbocycles. The van der Waals surface area contributed by atoms with Crippen LogP contribution in [0.2, 0.25) is 0 Å². The molecule has 2 aromatic rings. The van der Waals surface area contributed by atoms with E-state index in [0.29, 0.717) is 17.8 Å². The Morgan fingerprint density at radius 2 is 1.96 bits per heavy atom. The third-order valence-electron chi connectivity index (χ3n) is 4.50. The van der Waals surface area contributed by atoms with Gasteiger partial charge in [0.25, 0.3) is 5.95 Å². The fourth-order valence-electron chi connectivity index (χ4n) is 3.08. The Bertz CT molecular complexity index is 715. The number of hydrogen-bond acceptors (Lipinski definition) is 8. The maximum Gasteiger partial charge on any atom is 0.258 e. The maximum absolute atomic E-state index is 9.75. The smallest absolute Gasteiger partial charge is 0.258 e. The van der Waals surface area contributed by atoms with Gasteiger partial charge in [-0.25, -0.2) is 4.98 Å². The lowest BCUT2D eigenvalue weighted by molar-refractivity contribution is 0.285. The summed E-state index contributed by atoms with van der Waals surface area (Å²) in [6.07, 6.45) is 8.57. The number of rotatable bonds is 5. The van der Waals surface area contributed by atoms with Crippen LogP contribution in [-0.4, -0.2) is 42.3 Å². The number of anilines is 2. The van der Waals surface area contributed by atoms with Gasteiger partial charge in [0.2, 0.25) is 11.9 Å². The Morgan fingerprint density at radius 3 is 2.58 bits per heavy atom. The summed E-state index contributed by atoms with van der Waals surface area (Å²) in [7, 11) is 1.73. The largest absolute Gasteiger partial charge is 0.357 e. The zero-order valence-electron chi connectivity index (χ0n) is 13.9. The molecule has 1 fully saturated rings. The van der Waals surface area contributed by atoms with Crippen LogP contribution in [0.15, 0.2) is 12.7 Å². The van der Waals surface area contributed by atoms with E-state index in [1.807, 2.05) is 6.92 Å². The lowest BCUT2D eigenvalue weighted by Crippen LogP contribution is -2.43. The summed E-state index contributed by atoms with van der Waals surface area (Å²) < 4.78 is 1.46. The molecule has 1 aliphatic carbocycles. The van der Waals surface area contributed by atoms with E-state index >= 15 is 0 Å². The molecular formula is C15H21N9. The standard InChI is InChI=1S/C15H21N9/c1-15(8-16,11-6-4-3-5-7-11)23-13-20-12(17-2)21-14(22-13)24-10-18-9-19-24/h9-11H,3-7H2,1-2H3,(H2,17,20,21,22,23). The Morgan fingerprint density at radius 1 is 1.21 bits per heavy atom. The van der Waals surface area contributed by atoms with Crippen LogP contribution in [0.25, 0.3) is 5.95 Å². The minimum absolute atomic E-state index is 0.279. The monoisotopic (exact) mass is 327 g/mol. The van der Waals surface area contributed by atoms with Gasteiger partial charge >= 0.3 is 0 Å². The molecule has 1 aliphatic rings.